The van der Waals surface area contributed by atoms with Gasteiger partial charge in [-0.3, -0.25) is 25.0 Å². The predicted molar refractivity (Wildman–Crippen MR) is 85.0 cm³/mol. The second-order valence-corrected chi connectivity index (χ2v) is 5.50. The van der Waals surface area contributed by atoms with Crippen LogP contribution in [0.3, 0.4) is 0 Å². The maximum Gasteiger partial charge on any atom is 0.299 e. The Morgan fingerprint density at radius 3 is 2.17 bits per heavy atom. The Bertz CT molecular complexity index is 636. The van der Waals surface area contributed by atoms with Gasteiger partial charge in [0.2, 0.25) is 5.91 Å². The van der Waals surface area contributed by atoms with Crippen LogP contribution in [-0.2, 0) is 9.53 Å². The van der Waals surface area contributed by atoms with E-state index in [0.29, 0.717) is 31.9 Å². The first-order valence-corrected chi connectivity index (χ1v) is 7.37. The second-order valence-electron chi connectivity index (χ2n) is 5.50. The highest BCUT2D eigenvalue weighted by molar-refractivity contribution is 5.87. The average Bonchev–Trinajstić information content (AvgIpc) is 2.55. The van der Waals surface area contributed by atoms with Crippen molar-refractivity contribution >= 4 is 23.0 Å². The van der Waals surface area contributed by atoms with Gasteiger partial charge in [-0.2, -0.15) is 0 Å². The van der Waals surface area contributed by atoms with Crippen molar-refractivity contribution in [2.75, 3.05) is 31.6 Å². The molecule has 1 aromatic carbocycles. The maximum absolute atomic E-state index is 12.4. The molecule has 10 nitrogen and oxygen atoms in total. The van der Waals surface area contributed by atoms with Crippen molar-refractivity contribution in [1.82, 2.24) is 4.90 Å². The minimum atomic E-state index is -0.844. The smallest absolute Gasteiger partial charge is 0.299 e. The summed E-state index contributed by atoms with van der Waals surface area (Å²) in [5.74, 6) is -0.289. The van der Waals surface area contributed by atoms with Crippen LogP contribution in [0.1, 0.15) is 12.5 Å². The molecule has 1 saturated heterocycles. The van der Waals surface area contributed by atoms with E-state index in [1.165, 1.54) is 26.0 Å². The molecule has 1 atom stereocenters. The Morgan fingerprint density at radius 1 is 1.21 bits per heavy atom. The number of nitrogens with one attached hydrogen (secondary N) is 1. The Labute approximate surface area is 137 Å². The molecule has 130 valence electrons. The molecule has 0 bridgehead atoms. The monoisotopic (exact) mass is 338 g/mol. The third-order valence-electron chi connectivity index (χ3n) is 3.69. The van der Waals surface area contributed by atoms with Gasteiger partial charge in [0.25, 0.3) is 11.4 Å². The van der Waals surface area contributed by atoms with E-state index in [9.17, 15) is 25.0 Å². The quantitative estimate of drug-likeness (QED) is 0.636. The fraction of sp³-hybridized carbons (Fsp3) is 0.500. The largest absolute Gasteiger partial charge is 0.378 e. The molecule has 1 fully saturated rings. The number of hydrogen-bond acceptors (Lipinski definition) is 7. The number of hydrogen-bond donors (Lipinski definition) is 1. The van der Waals surface area contributed by atoms with Gasteiger partial charge in [0, 0.05) is 25.2 Å². The molecule has 1 N–H and O–H groups in total. The molecule has 0 aliphatic carbocycles. The highest BCUT2D eigenvalue weighted by Gasteiger charge is 2.30. The van der Waals surface area contributed by atoms with Crippen molar-refractivity contribution in [3.63, 3.8) is 0 Å². The van der Waals surface area contributed by atoms with E-state index in [-0.39, 0.29) is 11.6 Å². The number of rotatable bonds is 5. The van der Waals surface area contributed by atoms with Crippen molar-refractivity contribution in [1.29, 1.82) is 0 Å². The van der Waals surface area contributed by atoms with Gasteiger partial charge in [0.1, 0.15) is 6.04 Å². The molecule has 2 rings (SSSR count). The molecular weight excluding hydrogens is 320 g/mol. The van der Waals surface area contributed by atoms with Crippen molar-refractivity contribution in [3.05, 3.63) is 37.9 Å². The zero-order chi connectivity index (χ0) is 17.9. The number of carbonyl (C=O) groups is 1. The van der Waals surface area contributed by atoms with E-state index in [0.717, 1.165) is 0 Å². The van der Waals surface area contributed by atoms with Crippen LogP contribution in [0.15, 0.2) is 12.1 Å². The third-order valence-corrected chi connectivity index (χ3v) is 3.69. The van der Waals surface area contributed by atoms with Crippen molar-refractivity contribution in [2.45, 2.75) is 19.9 Å². The number of morpholine rings is 1. The lowest BCUT2D eigenvalue weighted by molar-refractivity contribution is -0.392. The molecule has 0 radical (unpaired) electrons. The summed E-state index contributed by atoms with van der Waals surface area (Å²) < 4.78 is 5.17. The Hall–Kier alpha value is -2.75. The van der Waals surface area contributed by atoms with Gasteiger partial charge in [0.05, 0.1) is 23.1 Å². The first-order chi connectivity index (χ1) is 11.3. The van der Waals surface area contributed by atoms with Gasteiger partial charge in [0.15, 0.2) is 5.69 Å². The molecule has 0 saturated carbocycles. The van der Waals surface area contributed by atoms with Crippen LogP contribution >= 0.6 is 0 Å². The first-order valence-electron chi connectivity index (χ1n) is 7.37. The number of benzene rings is 1. The number of nitrogens with zero attached hydrogens (tertiary/aromatic N) is 3. The SMILES string of the molecule is Cc1cc([N+](=O)[O-])c(N[C@H](C)C(=O)N2CCOCC2)c([N+](=O)[O-])c1. The lowest BCUT2D eigenvalue weighted by Gasteiger charge is -2.29. The van der Waals surface area contributed by atoms with E-state index < -0.39 is 27.3 Å². The molecule has 1 aromatic rings. The summed E-state index contributed by atoms with van der Waals surface area (Å²) in [5.41, 5.74) is -0.720. The van der Waals surface area contributed by atoms with Gasteiger partial charge in [-0.25, -0.2) is 0 Å². The van der Waals surface area contributed by atoms with Crippen molar-refractivity contribution < 1.29 is 19.4 Å². The van der Waals surface area contributed by atoms with Crippen LogP contribution in [0.2, 0.25) is 0 Å². The molecular formula is C14H18N4O6. The number of nitro benzene ring substituents is 2. The van der Waals surface area contributed by atoms with Gasteiger partial charge in [-0.1, -0.05) is 0 Å². The molecule has 10 heteroatoms. The van der Waals surface area contributed by atoms with Crippen molar-refractivity contribution in [3.8, 4) is 0 Å². The molecule has 1 aliphatic heterocycles. The number of carbonyl (C=O) groups excluding carboxylic acids is 1. The summed E-state index contributed by atoms with van der Waals surface area (Å²) in [6.45, 7) is 4.73. The van der Waals surface area contributed by atoms with E-state index >= 15 is 0 Å². The summed E-state index contributed by atoms with van der Waals surface area (Å²) in [6, 6.07) is 1.63. The lowest BCUT2D eigenvalue weighted by Crippen LogP contribution is -2.47. The molecule has 0 unspecified atom stereocenters. The van der Waals surface area contributed by atoms with Crippen LogP contribution in [0, 0.1) is 27.2 Å². The molecule has 1 amide bonds. The number of nitro groups is 2. The fourth-order valence-corrected chi connectivity index (χ4v) is 2.52. The number of amides is 1. The topological polar surface area (TPSA) is 128 Å². The summed E-state index contributed by atoms with van der Waals surface area (Å²) >= 11 is 0. The minimum absolute atomic E-state index is 0.260. The van der Waals surface area contributed by atoms with E-state index in [1.54, 1.807) is 4.90 Å². The fourth-order valence-electron chi connectivity index (χ4n) is 2.52. The standard InChI is InChI=1S/C14H18N4O6/c1-9-7-11(17(20)21)13(12(8-9)18(22)23)15-10(2)14(19)16-3-5-24-6-4-16/h7-8,10,15H,3-6H2,1-2H3/t10-/m1/s1. The zero-order valence-electron chi connectivity index (χ0n) is 13.4. The Balaban J connectivity index is 2.31. The van der Waals surface area contributed by atoms with E-state index in [2.05, 4.69) is 5.32 Å². The molecule has 0 spiro atoms. The van der Waals surface area contributed by atoms with Crippen LogP contribution in [-0.4, -0.2) is 53.0 Å². The summed E-state index contributed by atoms with van der Waals surface area (Å²) in [6.07, 6.45) is 0. The average molecular weight is 338 g/mol. The Kier molecular flexibility index (Phi) is 5.29. The van der Waals surface area contributed by atoms with Gasteiger partial charge < -0.3 is 15.0 Å². The van der Waals surface area contributed by atoms with Gasteiger partial charge in [-0.05, 0) is 19.4 Å². The molecule has 24 heavy (non-hydrogen) atoms. The third kappa shape index (κ3) is 3.77. The van der Waals surface area contributed by atoms with Gasteiger partial charge in [-0.15, -0.1) is 0 Å². The van der Waals surface area contributed by atoms with Crippen molar-refractivity contribution in [2.24, 2.45) is 0 Å². The van der Waals surface area contributed by atoms with E-state index in [4.69, 9.17) is 4.74 Å². The minimum Gasteiger partial charge on any atom is -0.378 e. The number of anilines is 1. The first kappa shape index (κ1) is 17.6. The highest BCUT2D eigenvalue weighted by atomic mass is 16.6. The van der Waals surface area contributed by atoms with E-state index in [1.807, 2.05) is 0 Å². The molecule has 0 aromatic heterocycles. The maximum atomic E-state index is 12.4. The number of aryl methyl sites for hydroxylation is 1. The highest BCUT2D eigenvalue weighted by Crippen LogP contribution is 2.36. The van der Waals surface area contributed by atoms with Gasteiger partial charge >= 0.3 is 0 Å². The molecule has 1 aliphatic rings. The predicted octanol–water partition coefficient (Wildman–Crippen LogP) is 1.47. The lowest BCUT2D eigenvalue weighted by atomic mass is 10.1. The number of ether oxygens (including phenoxy) is 1. The molecule has 1 heterocycles. The van der Waals surface area contributed by atoms with Crippen LogP contribution in [0.25, 0.3) is 0 Å². The summed E-state index contributed by atoms with van der Waals surface area (Å²) in [4.78, 5) is 35.0. The van der Waals surface area contributed by atoms with Crippen LogP contribution in [0.4, 0.5) is 17.1 Å². The summed E-state index contributed by atoms with van der Waals surface area (Å²) in [7, 11) is 0. The second kappa shape index (κ2) is 7.21. The zero-order valence-corrected chi connectivity index (χ0v) is 13.4. The van der Waals surface area contributed by atoms with Crippen LogP contribution < -0.4 is 5.32 Å². The normalized spacial score (nSPS) is 15.7. The Morgan fingerprint density at radius 2 is 1.71 bits per heavy atom. The van der Waals surface area contributed by atoms with Crippen LogP contribution in [0.5, 0.6) is 0 Å². The summed E-state index contributed by atoms with van der Waals surface area (Å²) in [5, 5.41) is 25.1.